The van der Waals surface area contributed by atoms with Crippen molar-refractivity contribution in [2.24, 2.45) is 5.73 Å². The van der Waals surface area contributed by atoms with Crippen molar-refractivity contribution in [2.45, 2.75) is 31.2 Å². The van der Waals surface area contributed by atoms with Crippen molar-refractivity contribution < 1.29 is 13.7 Å². The van der Waals surface area contributed by atoms with E-state index in [0.29, 0.717) is 30.5 Å². The van der Waals surface area contributed by atoms with Crippen LogP contribution in [0.25, 0.3) is 0 Å². The molecule has 0 spiro atoms. The van der Waals surface area contributed by atoms with Gasteiger partial charge in [0.1, 0.15) is 11.6 Å². The molecule has 1 aliphatic rings. The topological polar surface area (TPSA) is 74.2 Å². The van der Waals surface area contributed by atoms with E-state index in [1.807, 2.05) is 0 Å². The Bertz CT molecular complexity index is 647. The van der Waals surface area contributed by atoms with Gasteiger partial charge in [0.05, 0.1) is 23.6 Å². The van der Waals surface area contributed by atoms with Crippen LogP contribution in [0.4, 0.5) is 4.39 Å². The second-order valence-electron chi connectivity index (χ2n) is 5.19. The van der Waals surface area contributed by atoms with Gasteiger partial charge in [0, 0.05) is 0 Å². The number of ether oxygens (including phenoxy) is 1. The van der Waals surface area contributed by atoms with Crippen LogP contribution >= 0.6 is 24.0 Å². The molecule has 0 atom stereocenters. The molecule has 0 radical (unpaired) electrons. The number of aromatic nitrogens is 2. The van der Waals surface area contributed by atoms with Crippen LogP contribution in [-0.2, 0) is 12.0 Å². The van der Waals surface area contributed by atoms with Crippen molar-refractivity contribution >= 4 is 24.0 Å². The lowest BCUT2D eigenvalue weighted by atomic mass is 9.77. The Morgan fingerprint density at radius 1 is 1.41 bits per heavy atom. The average Bonchev–Trinajstić information content (AvgIpc) is 2.88. The summed E-state index contributed by atoms with van der Waals surface area (Å²) in [5.74, 6) is 1.05. The lowest BCUT2D eigenvalue weighted by Gasteiger charge is -2.34. The van der Waals surface area contributed by atoms with Crippen LogP contribution in [0.1, 0.15) is 31.0 Å². The SMILES string of the molecule is Cl.NC1(c2noc(CCOc3ccc(F)cc3Cl)n2)CCC1. The molecule has 1 saturated carbocycles. The van der Waals surface area contributed by atoms with E-state index in [2.05, 4.69) is 10.1 Å². The highest BCUT2D eigenvalue weighted by Gasteiger charge is 2.38. The third kappa shape index (κ3) is 3.51. The summed E-state index contributed by atoms with van der Waals surface area (Å²) in [5.41, 5.74) is 5.69. The van der Waals surface area contributed by atoms with Crippen LogP contribution in [0.2, 0.25) is 5.02 Å². The van der Waals surface area contributed by atoms with Gasteiger partial charge in [-0.1, -0.05) is 16.8 Å². The number of rotatable bonds is 5. The molecule has 3 rings (SSSR count). The van der Waals surface area contributed by atoms with Crippen molar-refractivity contribution in [3.63, 3.8) is 0 Å². The molecule has 0 amide bonds. The van der Waals surface area contributed by atoms with Crippen molar-refractivity contribution in [1.82, 2.24) is 10.1 Å². The minimum atomic E-state index is -0.428. The molecule has 0 aliphatic heterocycles. The fourth-order valence-corrected chi connectivity index (χ4v) is 2.40. The van der Waals surface area contributed by atoms with Crippen LogP contribution in [0.15, 0.2) is 22.7 Å². The van der Waals surface area contributed by atoms with E-state index in [1.54, 1.807) is 0 Å². The lowest BCUT2D eigenvalue weighted by Crippen LogP contribution is -2.44. The highest BCUT2D eigenvalue weighted by atomic mass is 35.5. The van der Waals surface area contributed by atoms with Gasteiger partial charge in [0.25, 0.3) is 0 Å². The molecule has 2 aromatic rings. The smallest absolute Gasteiger partial charge is 0.230 e. The summed E-state index contributed by atoms with van der Waals surface area (Å²) in [6, 6.07) is 3.98. The number of hydrogen-bond donors (Lipinski definition) is 1. The molecule has 1 fully saturated rings. The number of hydrogen-bond acceptors (Lipinski definition) is 5. The predicted molar refractivity (Wildman–Crippen MR) is 81.9 cm³/mol. The van der Waals surface area contributed by atoms with Crippen LogP contribution in [0, 0.1) is 5.82 Å². The Labute approximate surface area is 138 Å². The highest BCUT2D eigenvalue weighted by molar-refractivity contribution is 6.32. The summed E-state index contributed by atoms with van der Waals surface area (Å²) < 4.78 is 23.5. The second kappa shape index (κ2) is 6.81. The Morgan fingerprint density at radius 3 is 2.82 bits per heavy atom. The Kier molecular flexibility index (Phi) is 5.26. The monoisotopic (exact) mass is 347 g/mol. The van der Waals surface area contributed by atoms with Gasteiger partial charge in [0.2, 0.25) is 5.89 Å². The zero-order valence-electron chi connectivity index (χ0n) is 11.7. The summed E-state index contributed by atoms with van der Waals surface area (Å²) in [6.07, 6.45) is 3.30. The van der Waals surface area contributed by atoms with E-state index in [4.69, 9.17) is 26.6 Å². The highest BCUT2D eigenvalue weighted by Crippen LogP contribution is 2.36. The van der Waals surface area contributed by atoms with Crippen molar-refractivity contribution in [3.8, 4) is 5.75 Å². The first kappa shape index (κ1) is 17.0. The van der Waals surface area contributed by atoms with Gasteiger partial charge in [-0.05, 0) is 37.5 Å². The molecule has 1 aromatic heterocycles. The van der Waals surface area contributed by atoms with Crippen LogP contribution in [0.3, 0.4) is 0 Å². The fourth-order valence-electron chi connectivity index (χ4n) is 2.18. The Morgan fingerprint density at radius 2 is 2.18 bits per heavy atom. The number of nitrogens with two attached hydrogens (primary N) is 1. The predicted octanol–water partition coefficient (Wildman–Crippen LogP) is 3.24. The molecule has 22 heavy (non-hydrogen) atoms. The summed E-state index contributed by atoms with van der Waals surface area (Å²) in [7, 11) is 0. The molecule has 8 heteroatoms. The van der Waals surface area contributed by atoms with Gasteiger partial charge in [-0.2, -0.15) is 4.98 Å². The molecule has 0 bridgehead atoms. The van der Waals surface area contributed by atoms with Crippen LogP contribution < -0.4 is 10.5 Å². The summed E-state index contributed by atoms with van der Waals surface area (Å²) in [5, 5.41) is 4.16. The van der Waals surface area contributed by atoms with E-state index < -0.39 is 11.4 Å². The minimum Gasteiger partial charge on any atom is -0.491 e. The molecule has 120 valence electrons. The lowest BCUT2D eigenvalue weighted by molar-refractivity contribution is 0.228. The second-order valence-corrected chi connectivity index (χ2v) is 5.60. The first-order valence-corrected chi connectivity index (χ1v) is 7.14. The molecule has 0 saturated heterocycles. The molecule has 1 aliphatic carbocycles. The Hall–Kier alpha value is -1.37. The van der Waals surface area contributed by atoms with E-state index in [-0.39, 0.29) is 17.4 Å². The van der Waals surface area contributed by atoms with E-state index in [0.717, 1.165) is 19.3 Å². The van der Waals surface area contributed by atoms with Crippen LogP contribution in [0.5, 0.6) is 5.75 Å². The maximum absolute atomic E-state index is 12.9. The molecule has 1 heterocycles. The molecule has 2 N–H and O–H groups in total. The van der Waals surface area contributed by atoms with Gasteiger partial charge in [-0.15, -0.1) is 12.4 Å². The van der Waals surface area contributed by atoms with Crippen molar-refractivity contribution in [3.05, 3.63) is 40.8 Å². The molecule has 5 nitrogen and oxygen atoms in total. The maximum Gasteiger partial charge on any atom is 0.230 e. The molecular formula is C14H16Cl2FN3O2. The molecular weight excluding hydrogens is 332 g/mol. The average molecular weight is 348 g/mol. The number of benzene rings is 1. The van der Waals surface area contributed by atoms with E-state index in [9.17, 15) is 4.39 Å². The third-order valence-corrected chi connectivity index (χ3v) is 3.92. The first-order chi connectivity index (χ1) is 10.1. The zero-order valence-corrected chi connectivity index (χ0v) is 13.3. The van der Waals surface area contributed by atoms with E-state index in [1.165, 1.54) is 18.2 Å². The van der Waals surface area contributed by atoms with Crippen molar-refractivity contribution in [2.75, 3.05) is 6.61 Å². The van der Waals surface area contributed by atoms with Gasteiger partial charge in [-0.25, -0.2) is 4.39 Å². The summed E-state index contributed by atoms with van der Waals surface area (Å²) in [6.45, 7) is 0.310. The quantitative estimate of drug-likeness (QED) is 0.898. The van der Waals surface area contributed by atoms with Crippen molar-refractivity contribution in [1.29, 1.82) is 0 Å². The Balaban J connectivity index is 0.00000176. The molecule has 1 aromatic carbocycles. The maximum atomic E-state index is 12.9. The van der Waals surface area contributed by atoms with Crippen LogP contribution in [-0.4, -0.2) is 16.7 Å². The van der Waals surface area contributed by atoms with Gasteiger partial charge < -0.3 is 15.0 Å². The normalized spacial score (nSPS) is 15.8. The zero-order chi connectivity index (χ0) is 14.9. The van der Waals surface area contributed by atoms with Gasteiger partial charge in [0.15, 0.2) is 5.82 Å². The third-order valence-electron chi connectivity index (χ3n) is 3.63. The summed E-state index contributed by atoms with van der Waals surface area (Å²) in [4.78, 5) is 4.30. The number of nitrogens with zero attached hydrogens (tertiary/aromatic N) is 2. The van der Waals surface area contributed by atoms with Gasteiger partial charge in [-0.3, -0.25) is 0 Å². The summed E-state index contributed by atoms with van der Waals surface area (Å²) >= 11 is 5.87. The minimum absolute atomic E-state index is 0. The number of halogens is 3. The largest absolute Gasteiger partial charge is 0.491 e. The standard InChI is InChI=1S/C14H15ClFN3O2.ClH/c15-10-8-9(16)2-3-11(10)20-7-4-12-18-13(19-21-12)14(17)5-1-6-14;/h2-3,8H,1,4-7,17H2;1H. The molecule has 0 unspecified atom stereocenters. The van der Waals surface area contributed by atoms with Gasteiger partial charge >= 0.3 is 0 Å². The first-order valence-electron chi connectivity index (χ1n) is 6.77. The van der Waals surface area contributed by atoms with E-state index >= 15 is 0 Å². The fraction of sp³-hybridized carbons (Fsp3) is 0.429.